The van der Waals surface area contributed by atoms with Crippen molar-refractivity contribution in [1.29, 1.82) is 0 Å². The highest BCUT2D eigenvalue weighted by Crippen LogP contribution is 2.32. The lowest BCUT2D eigenvalue weighted by molar-refractivity contribution is -0.122. The van der Waals surface area contributed by atoms with E-state index in [4.69, 9.17) is 0 Å². The summed E-state index contributed by atoms with van der Waals surface area (Å²) in [6.45, 7) is 9.85. The number of nitrogens with one attached hydrogen (secondary N) is 1. The van der Waals surface area contributed by atoms with Gasteiger partial charge in [-0.2, -0.15) is 9.40 Å². The lowest BCUT2D eigenvalue weighted by Crippen LogP contribution is -2.36. The van der Waals surface area contributed by atoms with E-state index in [1.807, 2.05) is 20.8 Å². The molecule has 7 nitrogen and oxygen atoms in total. The molecule has 1 heterocycles. The summed E-state index contributed by atoms with van der Waals surface area (Å²) in [5.41, 5.74) is 0.941. The Hall–Kier alpha value is -1.41. The number of aryl methyl sites for hydroxylation is 1. The molecule has 1 fully saturated rings. The van der Waals surface area contributed by atoms with E-state index in [1.54, 1.807) is 13.8 Å². The molecule has 0 radical (unpaired) electrons. The molecule has 8 heteroatoms. The fraction of sp³-hybridized carbons (Fsp3) is 0.750. The molecule has 0 aliphatic heterocycles. The largest absolute Gasteiger partial charge is 0.352 e. The zero-order valence-corrected chi connectivity index (χ0v) is 16.0. The Kier molecular flexibility index (Phi) is 5.70. The second-order valence-corrected chi connectivity index (χ2v) is 8.32. The molecule has 1 N–H and O–H groups in total. The van der Waals surface area contributed by atoms with E-state index in [0.29, 0.717) is 30.4 Å². The summed E-state index contributed by atoms with van der Waals surface area (Å²) < 4.78 is 28.5. The maximum absolute atomic E-state index is 12.8. The fourth-order valence-electron chi connectivity index (χ4n) is 3.05. The first kappa shape index (κ1) is 18.9. The van der Waals surface area contributed by atoms with Crippen LogP contribution in [0.15, 0.2) is 4.90 Å². The smallest absolute Gasteiger partial charge is 0.246 e. The lowest BCUT2D eigenvalue weighted by atomic mass is 10.2. The Morgan fingerprint density at radius 2 is 1.92 bits per heavy atom. The number of carbonyl (C=O) groups is 1. The molecule has 0 aromatic carbocycles. The summed E-state index contributed by atoms with van der Waals surface area (Å²) in [5, 5.41) is 7.26. The first-order valence-corrected chi connectivity index (χ1v) is 9.99. The van der Waals surface area contributed by atoms with Gasteiger partial charge in [-0.25, -0.2) is 8.42 Å². The molecule has 1 aliphatic rings. The van der Waals surface area contributed by atoms with E-state index in [1.165, 1.54) is 8.99 Å². The summed E-state index contributed by atoms with van der Waals surface area (Å²) >= 11 is 0. The topological polar surface area (TPSA) is 84.3 Å². The van der Waals surface area contributed by atoms with Gasteiger partial charge in [-0.15, -0.1) is 0 Å². The summed E-state index contributed by atoms with van der Waals surface area (Å²) in [6.07, 6.45) is 2.32. The minimum atomic E-state index is -3.59. The van der Waals surface area contributed by atoms with Gasteiger partial charge in [0.05, 0.1) is 11.4 Å². The lowest BCUT2D eigenvalue weighted by Gasteiger charge is -2.18. The van der Waals surface area contributed by atoms with Gasteiger partial charge in [0.1, 0.15) is 11.4 Å². The van der Waals surface area contributed by atoms with Crippen LogP contribution in [-0.4, -0.2) is 47.5 Å². The van der Waals surface area contributed by atoms with Crippen LogP contribution in [-0.2, 0) is 21.4 Å². The van der Waals surface area contributed by atoms with Gasteiger partial charge >= 0.3 is 0 Å². The maximum Gasteiger partial charge on any atom is 0.246 e. The SMILES string of the molecule is CCN(CC)S(=O)(=O)c1c(C)nn(CC(=O)N[C@H](C)C2CC2)c1C. The summed E-state index contributed by atoms with van der Waals surface area (Å²) in [4.78, 5) is 12.4. The van der Waals surface area contributed by atoms with Crippen LogP contribution in [0.5, 0.6) is 0 Å². The molecule has 0 saturated heterocycles. The van der Waals surface area contributed by atoms with Crippen molar-refractivity contribution in [2.45, 2.75) is 64.9 Å². The number of nitrogens with zero attached hydrogens (tertiary/aromatic N) is 3. The zero-order valence-electron chi connectivity index (χ0n) is 15.2. The second kappa shape index (κ2) is 7.23. The summed E-state index contributed by atoms with van der Waals surface area (Å²) in [5.74, 6) is 0.444. The molecule has 0 bridgehead atoms. The third-order valence-corrected chi connectivity index (χ3v) is 6.93. The molecule has 24 heavy (non-hydrogen) atoms. The van der Waals surface area contributed by atoms with Crippen molar-refractivity contribution in [3.05, 3.63) is 11.4 Å². The average molecular weight is 356 g/mol. The van der Waals surface area contributed by atoms with Crippen molar-refractivity contribution >= 4 is 15.9 Å². The average Bonchev–Trinajstić information content (AvgIpc) is 3.27. The minimum Gasteiger partial charge on any atom is -0.352 e. The van der Waals surface area contributed by atoms with Gasteiger partial charge in [-0.1, -0.05) is 13.8 Å². The predicted octanol–water partition coefficient (Wildman–Crippen LogP) is 1.45. The Morgan fingerprint density at radius 1 is 1.33 bits per heavy atom. The van der Waals surface area contributed by atoms with Crippen molar-refractivity contribution in [3.63, 3.8) is 0 Å². The molecular weight excluding hydrogens is 328 g/mol. The number of aromatic nitrogens is 2. The van der Waals surface area contributed by atoms with Crippen LogP contribution in [0.1, 0.15) is 45.0 Å². The van der Waals surface area contributed by atoms with Crippen LogP contribution in [0.4, 0.5) is 0 Å². The Bertz CT molecular complexity index is 703. The van der Waals surface area contributed by atoms with Crippen molar-refractivity contribution in [1.82, 2.24) is 19.4 Å². The Morgan fingerprint density at radius 3 is 2.42 bits per heavy atom. The molecule has 1 atom stereocenters. The van der Waals surface area contributed by atoms with Gasteiger partial charge < -0.3 is 5.32 Å². The minimum absolute atomic E-state index is 0.0392. The van der Waals surface area contributed by atoms with Crippen LogP contribution >= 0.6 is 0 Å². The van der Waals surface area contributed by atoms with Crippen LogP contribution < -0.4 is 5.32 Å². The molecule has 1 aromatic rings. The first-order valence-electron chi connectivity index (χ1n) is 8.55. The van der Waals surface area contributed by atoms with Gasteiger partial charge in [0.2, 0.25) is 15.9 Å². The summed E-state index contributed by atoms with van der Waals surface area (Å²) in [7, 11) is -3.59. The van der Waals surface area contributed by atoms with Crippen LogP contribution in [0.3, 0.4) is 0 Å². The van der Waals surface area contributed by atoms with E-state index in [-0.39, 0.29) is 23.4 Å². The highest BCUT2D eigenvalue weighted by molar-refractivity contribution is 7.89. The van der Waals surface area contributed by atoms with Crippen molar-refractivity contribution in [3.8, 4) is 0 Å². The van der Waals surface area contributed by atoms with Crippen LogP contribution in [0.25, 0.3) is 0 Å². The second-order valence-electron chi connectivity index (χ2n) is 6.44. The highest BCUT2D eigenvalue weighted by Gasteiger charge is 2.31. The van der Waals surface area contributed by atoms with Gasteiger partial charge in [0.15, 0.2) is 0 Å². The van der Waals surface area contributed by atoms with Crippen LogP contribution in [0.2, 0.25) is 0 Å². The molecule has 1 aliphatic carbocycles. The van der Waals surface area contributed by atoms with Crippen molar-refractivity contribution in [2.75, 3.05) is 13.1 Å². The molecule has 136 valence electrons. The monoisotopic (exact) mass is 356 g/mol. The zero-order chi connectivity index (χ0) is 18.1. The maximum atomic E-state index is 12.8. The van der Waals surface area contributed by atoms with Gasteiger partial charge in [0, 0.05) is 19.1 Å². The van der Waals surface area contributed by atoms with E-state index in [2.05, 4.69) is 10.4 Å². The standard InChI is InChI=1S/C16H28N4O3S/c1-6-19(7-2)24(22,23)16-12(4)18-20(13(16)5)10-15(21)17-11(3)14-8-9-14/h11,14H,6-10H2,1-5H3,(H,17,21)/t11-/m1/s1. The number of rotatable bonds is 8. The third-order valence-electron chi connectivity index (χ3n) is 4.63. The molecule has 1 aromatic heterocycles. The molecule has 1 saturated carbocycles. The molecule has 0 spiro atoms. The van der Waals surface area contributed by atoms with E-state index in [9.17, 15) is 13.2 Å². The highest BCUT2D eigenvalue weighted by atomic mass is 32.2. The van der Waals surface area contributed by atoms with E-state index >= 15 is 0 Å². The molecule has 2 rings (SSSR count). The number of hydrogen-bond acceptors (Lipinski definition) is 4. The summed E-state index contributed by atoms with van der Waals surface area (Å²) in [6, 6.07) is 0.161. The van der Waals surface area contributed by atoms with E-state index in [0.717, 1.165) is 12.8 Å². The van der Waals surface area contributed by atoms with Crippen molar-refractivity contribution < 1.29 is 13.2 Å². The van der Waals surface area contributed by atoms with Crippen LogP contribution in [0, 0.1) is 19.8 Å². The van der Waals surface area contributed by atoms with Gasteiger partial charge in [0.25, 0.3) is 0 Å². The fourth-order valence-corrected chi connectivity index (χ4v) is 4.88. The number of amides is 1. The van der Waals surface area contributed by atoms with Crippen molar-refractivity contribution in [2.24, 2.45) is 5.92 Å². The number of hydrogen-bond donors (Lipinski definition) is 1. The van der Waals surface area contributed by atoms with Gasteiger partial charge in [-0.05, 0) is 39.5 Å². The molecule has 0 unspecified atom stereocenters. The predicted molar refractivity (Wildman–Crippen MR) is 92.1 cm³/mol. The molecular formula is C16H28N4O3S. The quantitative estimate of drug-likeness (QED) is 0.764. The normalized spacial score (nSPS) is 16.4. The Balaban J connectivity index is 2.20. The molecule has 1 amide bonds. The third kappa shape index (κ3) is 3.80. The first-order chi connectivity index (χ1) is 11.2. The Labute approximate surface area is 144 Å². The van der Waals surface area contributed by atoms with Gasteiger partial charge in [-0.3, -0.25) is 9.48 Å². The number of carbonyl (C=O) groups excluding carboxylic acids is 1. The van der Waals surface area contributed by atoms with E-state index < -0.39 is 10.0 Å². The number of sulfonamides is 1.